The van der Waals surface area contributed by atoms with E-state index in [4.69, 9.17) is 0 Å². The number of likely N-dealkylation sites (N-methyl/N-ethyl adjacent to an activating group) is 1. The molecule has 1 saturated heterocycles. The van der Waals surface area contributed by atoms with Crippen LogP contribution in [-0.4, -0.2) is 52.5 Å². The Hall–Kier alpha value is -2.34. The molecule has 1 aliphatic carbocycles. The van der Waals surface area contributed by atoms with Crippen molar-refractivity contribution >= 4 is 16.9 Å². The fourth-order valence-corrected chi connectivity index (χ4v) is 5.54. The molecule has 6 nitrogen and oxygen atoms in total. The van der Waals surface area contributed by atoms with Gasteiger partial charge in [-0.3, -0.25) is 9.69 Å². The smallest absolute Gasteiger partial charge is 0.317 e. The van der Waals surface area contributed by atoms with Crippen molar-refractivity contribution in [3.63, 3.8) is 0 Å². The topological polar surface area (TPSA) is 68.4 Å². The largest absolute Gasteiger partial charge is 0.335 e. The molecule has 2 N–H and O–H groups in total. The van der Waals surface area contributed by atoms with Crippen LogP contribution in [0, 0.1) is 13.8 Å². The summed E-state index contributed by atoms with van der Waals surface area (Å²) in [5.74, 6) is 0. The van der Waals surface area contributed by atoms with Gasteiger partial charge in [0, 0.05) is 35.1 Å². The van der Waals surface area contributed by atoms with Gasteiger partial charge in [0.05, 0.1) is 6.54 Å². The molecule has 2 aliphatic rings. The number of aromatic nitrogens is 1. The van der Waals surface area contributed by atoms with Gasteiger partial charge in [0.2, 0.25) is 0 Å². The number of H-pyrrole nitrogens is 1. The number of rotatable bonds is 6. The van der Waals surface area contributed by atoms with Gasteiger partial charge in [-0.15, -0.1) is 0 Å². The number of likely N-dealkylation sites (tertiary alicyclic amines) is 1. The molecule has 1 aliphatic heterocycles. The Morgan fingerprint density at radius 2 is 1.91 bits per heavy atom. The zero-order valence-electron chi connectivity index (χ0n) is 19.9. The van der Waals surface area contributed by atoms with Crippen molar-refractivity contribution in [2.75, 3.05) is 19.6 Å². The SMILES string of the molecule is CCN1CCC[C@H]1CN(Cc1cc2c(C)cc(C)cc2[nH]c1=O)C(=O)NC1CCCCC1. The molecule has 32 heavy (non-hydrogen) atoms. The highest BCUT2D eigenvalue weighted by molar-refractivity contribution is 5.83. The van der Waals surface area contributed by atoms with Crippen molar-refractivity contribution in [2.24, 2.45) is 0 Å². The van der Waals surface area contributed by atoms with E-state index in [2.05, 4.69) is 35.1 Å². The first-order valence-corrected chi connectivity index (χ1v) is 12.4. The van der Waals surface area contributed by atoms with Crippen LogP contribution in [0.4, 0.5) is 4.79 Å². The molecule has 0 unspecified atom stereocenters. The summed E-state index contributed by atoms with van der Waals surface area (Å²) in [6.45, 7) is 9.39. The minimum Gasteiger partial charge on any atom is -0.335 e. The minimum absolute atomic E-state index is 0.0278. The quantitative estimate of drug-likeness (QED) is 0.699. The summed E-state index contributed by atoms with van der Waals surface area (Å²) in [7, 11) is 0. The van der Waals surface area contributed by atoms with Crippen LogP contribution in [0.2, 0.25) is 0 Å². The number of benzene rings is 1. The second-order valence-corrected chi connectivity index (χ2v) is 9.76. The lowest BCUT2D eigenvalue weighted by Gasteiger charge is -2.32. The molecule has 0 radical (unpaired) electrons. The predicted molar refractivity (Wildman–Crippen MR) is 130 cm³/mol. The third kappa shape index (κ3) is 5.17. The number of urea groups is 1. The van der Waals surface area contributed by atoms with E-state index in [1.807, 2.05) is 24.0 Å². The van der Waals surface area contributed by atoms with Crippen molar-refractivity contribution in [1.82, 2.24) is 20.1 Å². The number of carbonyl (C=O) groups is 1. The molecule has 1 atom stereocenters. The Morgan fingerprint density at radius 1 is 1.12 bits per heavy atom. The van der Waals surface area contributed by atoms with Gasteiger partial charge in [-0.05, 0) is 75.9 Å². The van der Waals surface area contributed by atoms with Gasteiger partial charge in [0.1, 0.15) is 0 Å². The van der Waals surface area contributed by atoms with Gasteiger partial charge < -0.3 is 15.2 Å². The van der Waals surface area contributed by atoms with Crippen LogP contribution >= 0.6 is 0 Å². The highest BCUT2D eigenvalue weighted by Crippen LogP contribution is 2.22. The Bertz CT molecular complexity index is 1010. The summed E-state index contributed by atoms with van der Waals surface area (Å²) in [6.07, 6.45) is 8.01. The van der Waals surface area contributed by atoms with Crippen molar-refractivity contribution in [2.45, 2.75) is 84.3 Å². The molecular formula is C26H38N4O2. The van der Waals surface area contributed by atoms with Crippen LogP contribution in [-0.2, 0) is 6.54 Å². The van der Waals surface area contributed by atoms with Gasteiger partial charge >= 0.3 is 6.03 Å². The van der Waals surface area contributed by atoms with Crippen LogP contribution in [0.3, 0.4) is 0 Å². The van der Waals surface area contributed by atoms with E-state index >= 15 is 0 Å². The lowest BCUT2D eigenvalue weighted by molar-refractivity contribution is 0.159. The third-order valence-corrected chi connectivity index (χ3v) is 7.31. The van der Waals surface area contributed by atoms with Crippen LogP contribution in [0.15, 0.2) is 23.0 Å². The molecule has 6 heteroatoms. The van der Waals surface area contributed by atoms with E-state index in [1.54, 1.807) is 0 Å². The van der Waals surface area contributed by atoms with Crippen LogP contribution in [0.1, 0.15) is 68.6 Å². The lowest BCUT2D eigenvalue weighted by atomic mass is 9.96. The van der Waals surface area contributed by atoms with Gasteiger partial charge in [0.15, 0.2) is 0 Å². The summed E-state index contributed by atoms with van der Waals surface area (Å²) >= 11 is 0. The van der Waals surface area contributed by atoms with E-state index < -0.39 is 0 Å². The Kier molecular flexibility index (Phi) is 7.19. The first-order valence-electron chi connectivity index (χ1n) is 12.4. The number of hydrogen-bond acceptors (Lipinski definition) is 3. The molecule has 1 saturated carbocycles. The monoisotopic (exact) mass is 438 g/mol. The molecule has 2 fully saturated rings. The van der Waals surface area contributed by atoms with E-state index in [0.29, 0.717) is 24.7 Å². The van der Waals surface area contributed by atoms with Gasteiger partial charge in [-0.25, -0.2) is 4.79 Å². The van der Waals surface area contributed by atoms with Crippen molar-refractivity contribution < 1.29 is 4.79 Å². The average molecular weight is 439 g/mol. The lowest BCUT2D eigenvalue weighted by Crippen LogP contribution is -2.50. The van der Waals surface area contributed by atoms with E-state index in [-0.39, 0.29) is 17.6 Å². The number of fused-ring (bicyclic) bond motifs is 1. The van der Waals surface area contributed by atoms with Gasteiger partial charge in [0.25, 0.3) is 5.56 Å². The fourth-order valence-electron chi connectivity index (χ4n) is 5.54. The summed E-state index contributed by atoms with van der Waals surface area (Å²) in [5.41, 5.74) is 3.69. The summed E-state index contributed by atoms with van der Waals surface area (Å²) in [6, 6.07) is 6.72. The first-order chi connectivity index (χ1) is 15.4. The maximum atomic E-state index is 13.4. The summed E-state index contributed by atoms with van der Waals surface area (Å²) in [5, 5.41) is 4.33. The zero-order chi connectivity index (χ0) is 22.7. The maximum absolute atomic E-state index is 13.4. The summed E-state index contributed by atoms with van der Waals surface area (Å²) in [4.78, 5) is 33.7. The van der Waals surface area contributed by atoms with E-state index in [0.717, 1.165) is 54.4 Å². The molecule has 0 bridgehead atoms. The first kappa shape index (κ1) is 22.8. The zero-order valence-corrected chi connectivity index (χ0v) is 19.9. The second kappa shape index (κ2) is 10.1. The number of nitrogens with zero attached hydrogens (tertiary/aromatic N) is 2. The Balaban J connectivity index is 1.59. The Morgan fingerprint density at radius 3 is 2.66 bits per heavy atom. The number of nitrogens with one attached hydrogen (secondary N) is 2. The standard InChI is InChI=1S/C26H38N4O2/c1-4-29-12-8-11-22(29)17-30(26(32)27-21-9-6-5-7-10-21)16-20-15-23-19(3)13-18(2)14-24(23)28-25(20)31/h13-15,21-22H,4-12,16-17H2,1-3H3,(H,27,32)(H,28,31)/t22-/m0/s1. The number of pyridine rings is 1. The summed E-state index contributed by atoms with van der Waals surface area (Å²) < 4.78 is 0. The van der Waals surface area contributed by atoms with Crippen LogP contribution < -0.4 is 10.9 Å². The van der Waals surface area contributed by atoms with E-state index in [9.17, 15) is 9.59 Å². The van der Waals surface area contributed by atoms with Crippen LogP contribution in [0.5, 0.6) is 0 Å². The third-order valence-electron chi connectivity index (χ3n) is 7.31. The molecular weight excluding hydrogens is 400 g/mol. The molecule has 2 amide bonds. The number of hydrogen-bond donors (Lipinski definition) is 2. The molecule has 4 rings (SSSR count). The Labute approximate surface area is 191 Å². The molecule has 174 valence electrons. The van der Waals surface area contributed by atoms with Gasteiger partial charge in [-0.1, -0.05) is 32.3 Å². The average Bonchev–Trinajstić information content (AvgIpc) is 3.22. The number of amides is 2. The predicted octanol–water partition coefficient (Wildman–Crippen LogP) is 4.47. The maximum Gasteiger partial charge on any atom is 0.317 e. The van der Waals surface area contributed by atoms with E-state index in [1.165, 1.54) is 25.7 Å². The number of aryl methyl sites for hydroxylation is 2. The highest BCUT2D eigenvalue weighted by atomic mass is 16.2. The van der Waals surface area contributed by atoms with Crippen molar-refractivity contribution in [3.05, 3.63) is 45.2 Å². The number of aromatic amines is 1. The molecule has 1 aromatic heterocycles. The molecule has 2 heterocycles. The minimum atomic E-state index is -0.100. The van der Waals surface area contributed by atoms with Crippen LogP contribution in [0.25, 0.3) is 10.9 Å². The normalized spacial score (nSPS) is 20.0. The molecule has 2 aromatic rings. The number of carbonyl (C=O) groups excluding carboxylic acids is 1. The fraction of sp³-hybridized carbons (Fsp3) is 0.615. The van der Waals surface area contributed by atoms with Gasteiger partial charge in [-0.2, -0.15) is 0 Å². The van der Waals surface area contributed by atoms with Crippen molar-refractivity contribution in [1.29, 1.82) is 0 Å². The van der Waals surface area contributed by atoms with Crippen molar-refractivity contribution in [3.8, 4) is 0 Å². The second-order valence-electron chi connectivity index (χ2n) is 9.76. The highest BCUT2D eigenvalue weighted by Gasteiger charge is 2.29. The molecule has 0 spiro atoms. The molecule has 1 aromatic carbocycles.